The molecule has 2 heterocycles. The Kier molecular flexibility index (Phi) is 7.95. The van der Waals surface area contributed by atoms with Crippen LogP contribution >= 0.6 is 0 Å². The molecule has 1 aliphatic heterocycles. The van der Waals surface area contributed by atoms with E-state index in [1.807, 2.05) is 0 Å². The van der Waals surface area contributed by atoms with E-state index in [9.17, 15) is 35.2 Å². The van der Waals surface area contributed by atoms with Crippen LogP contribution in [0.4, 0.5) is 33.5 Å². The summed E-state index contributed by atoms with van der Waals surface area (Å²) >= 11 is 0. The Labute approximate surface area is 197 Å². The van der Waals surface area contributed by atoms with Crippen molar-refractivity contribution in [3.63, 3.8) is 0 Å². The summed E-state index contributed by atoms with van der Waals surface area (Å²) in [6.07, 6.45) is -1.56. The Bertz CT molecular complexity index is 1210. The van der Waals surface area contributed by atoms with E-state index < -0.39 is 45.1 Å². The van der Waals surface area contributed by atoms with E-state index in [-0.39, 0.29) is 23.5 Å². The number of nitrogens with one attached hydrogen (secondary N) is 2. The molecule has 0 aliphatic carbocycles. The zero-order chi connectivity index (χ0) is 25.8. The van der Waals surface area contributed by atoms with E-state index in [2.05, 4.69) is 10.3 Å². The highest BCUT2D eigenvalue weighted by Crippen LogP contribution is 2.31. The maximum atomic E-state index is 14.1. The molecule has 1 amide bonds. The molecule has 2 aromatic rings. The average molecular weight is 520 g/mol. The van der Waals surface area contributed by atoms with E-state index in [4.69, 9.17) is 4.74 Å². The molecule has 1 fully saturated rings. The smallest absolute Gasteiger partial charge is 0.378 e. The summed E-state index contributed by atoms with van der Waals surface area (Å²) < 4.78 is 96.9. The van der Waals surface area contributed by atoms with Gasteiger partial charge in [-0.25, -0.2) is 22.2 Å². The first-order valence-corrected chi connectivity index (χ1v) is 12.0. The number of hydrogen-bond donors (Lipinski definition) is 2. The minimum atomic E-state index is -4.64. The van der Waals surface area contributed by atoms with Gasteiger partial charge in [-0.1, -0.05) is 0 Å². The molecule has 0 bridgehead atoms. The summed E-state index contributed by atoms with van der Waals surface area (Å²) in [5, 5.41) is 2.39. The van der Waals surface area contributed by atoms with Crippen LogP contribution in [0.1, 0.15) is 16.8 Å². The van der Waals surface area contributed by atoms with E-state index in [0.717, 1.165) is 30.5 Å². The molecule has 1 aromatic heterocycles. The Morgan fingerprint density at radius 1 is 1.17 bits per heavy atom. The molecule has 1 aromatic carbocycles. The molecule has 2 N–H and O–H groups in total. The van der Waals surface area contributed by atoms with Crippen molar-refractivity contribution in [2.45, 2.75) is 12.7 Å². The Morgan fingerprint density at radius 2 is 1.80 bits per heavy atom. The second-order valence-corrected chi connectivity index (χ2v) is 9.31. The second-order valence-electron chi connectivity index (χ2n) is 7.57. The van der Waals surface area contributed by atoms with Crippen molar-refractivity contribution in [2.75, 3.05) is 42.2 Å². The van der Waals surface area contributed by atoms with Gasteiger partial charge in [0.15, 0.2) is 11.6 Å². The van der Waals surface area contributed by atoms with Crippen LogP contribution in [0, 0.1) is 11.6 Å². The molecular weight excluding hydrogens is 499 g/mol. The van der Waals surface area contributed by atoms with Crippen LogP contribution in [0.25, 0.3) is 6.08 Å². The van der Waals surface area contributed by atoms with Crippen LogP contribution in [0.5, 0.6) is 0 Å². The quantitative estimate of drug-likeness (QED) is 0.430. The van der Waals surface area contributed by atoms with Crippen molar-refractivity contribution < 1.29 is 39.9 Å². The number of halogens is 5. The topological polar surface area (TPSA) is 101 Å². The number of rotatable bonds is 7. The van der Waals surface area contributed by atoms with Gasteiger partial charge in [-0.05, 0) is 35.9 Å². The van der Waals surface area contributed by atoms with Crippen molar-refractivity contribution >= 4 is 33.5 Å². The number of anilines is 2. The summed E-state index contributed by atoms with van der Waals surface area (Å²) in [4.78, 5) is 17.6. The minimum Gasteiger partial charge on any atom is -0.378 e. The number of benzene rings is 1. The highest BCUT2D eigenvalue weighted by atomic mass is 32.2. The highest BCUT2D eigenvalue weighted by Gasteiger charge is 2.33. The fourth-order valence-electron chi connectivity index (χ4n) is 3.20. The third kappa shape index (κ3) is 7.36. The van der Waals surface area contributed by atoms with Gasteiger partial charge in [0.2, 0.25) is 15.9 Å². The molecule has 14 heteroatoms. The number of carbonyl (C=O) groups excluding carboxylic acids is 1. The summed E-state index contributed by atoms with van der Waals surface area (Å²) in [5.74, 6) is -2.97. The summed E-state index contributed by atoms with van der Waals surface area (Å²) in [6.45, 7) is 0.976. The summed E-state index contributed by atoms with van der Waals surface area (Å²) in [7, 11) is -3.90. The second kappa shape index (κ2) is 10.6. The molecule has 0 unspecified atom stereocenters. The molecule has 1 aliphatic rings. The minimum absolute atomic E-state index is 0.0194. The Morgan fingerprint density at radius 3 is 2.37 bits per heavy atom. The van der Waals surface area contributed by atoms with Gasteiger partial charge in [0.05, 0.1) is 19.5 Å². The van der Waals surface area contributed by atoms with Gasteiger partial charge in [0.1, 0.15) is 17.2 Å². The lowest BCUT2D eigenvalue weighted by molar-refractivity contribution is -0.141. The third-order valence-corrected chi connectivity index (χ3v) is 5.35. The van der Waals surface area contributed by atoms with Crippen LogP contribution in [0.15, 0.2) is 30.3 Å². The van der Waals surface area contributed by atoms with Gasteiger partial charge < -0.3 is 15.0 Å². The van der Waals surface area contributed by atoms with Gasteiger partial charge in [-0.2, -0.15) is 13.2 Å². The fourth-order valence-corrected chi connectivity index (χ4v) is 3.77. The van der Waals surface area contributed by atoms with Crippen LogP contribution in [-0.4, -0.2) is 51.9 Å². The molecule has 35 heavy (non-hydrogen) atoms. The van der Waals surface area contributed by atoms with Crippen molar-refractivity contribution in [2.24, 2.45) is 0 Å². The fraction of sp³-hybridized carbons (Fsp3) is 0.333. The monoisotopic (exact) mass is 520 g/mol. The van der Waals surface area contributed by atoms with Crippen LogP contribution in [0.2, 0.25) is 0 Å². The standard InChI is InChI=1S/C21H21F5N4O4S/c1-35(32,33)29-19-15(22)10-13(11-16(19)23)12-27-18(31)5-3-14-2-4-17(21(24,25)26)28-20(14)30-6-8-34-9-7-30/h2-5,10-11,29H,6-9,12H2,1H3,(H,27,31). The molecule has 8 nitrogen and oxygen atoms in total. The molecule has 3 rings (SSSR count). The number of aromatic nitrogens is 1. The molecular formula is C21H21F5N4O4S. The van der Waals surface area contributed by atoms with E-state index in [1.54, 1.807) is 9.62 Å². The van der Waals surface area contributed by atoms with Crippen LogP contribution in [0.3, 0.4) is 0 Å². The predicted molar refractivity (Wildman–Crippen MR) is 118 cm³/mol. The molecule has 0 spiro atoms. The van der Waals surface area contributed by atoms with Gasteiger partial charge in [-0.15, -0.1) is 0 Å². The van der Waals surface area contributed by atoms with E-state index in [0.29, 0.717) is 26.3 Å². The van der Waals surface area contributed by atoms with Crippen molar-refractivity contribution in [1.29, 1.82) is 0 Å². The SMILES string of the molecule is CS(=O)(=O)Nc1c(F)cc(CNC(=O)C=Cc2ccc(C(F)(F)F)nc2N2CCOCC2)cc1F. The van der Waals surface area contributed by atoms with Crippen LogP contribution < -0.4 is 14.9 Å². The van der Waals surface area contributed by atoms with Gasteiger partial charge >= 0.3 is 6.18 Å². The lowest BCUT2D eigenvalue weighted by Gasteiger charge is -2.29. The lowest BCUT2D eigenvalue weighted by atomic mass is 10.1. The summed E-state index contributed by atoms with van der Waals surface area (Å²) in [5.41, 5.74) is -1.62. The van der Waals surface area contributed by atoms with E-state index >= 15 is 0 Å². The van der Waals surface area contributed by atoms with Crippen LogP contribution in [-0.2, 0) is 32.3 Å². The average Bonchev–Trinajstić information content (AvgIpc) is 2.78. The van der Waals surface area contributed by atoms with Crippen molar-refractivity contribution in [3.05, 3.63) is 58.8 Å². The maximum absolute atomic E-state index is 14.1. The number of nitrogens with zero attached hydrogens (tertiary/aromatic N) is 2. The number of amides is 1. The van der Waals surface area contributed by atoms with Crippen molar-refractivity contribution in [1.82, 2.24) is 10.3 Å². The molecule has 0 radical (unpaired) electrons. The Hall–Kier alpha value is -3.26. The first-order chi connectivity index (χ1) is 16.3. The first-order valence-electron chi connectivity index (χ1n) is 10.2. The zero-order valence-corrected chi connectivity index (χ0v) is 19.1. The number of carbonyl (C=O) groups is 1. The number of hydrogen-bond acceptors (Lipinski definition) is 6. The molecule has 0 saturated carbocycles. The van der Waals surface area contributed by atoms with Gasteiger partial charge in [-0.3, -0.25) is 9.52 Å². The highest BCUT2D eigenvalue weighted by molar-refractivity contribution is 7.92. The number of morpholine rings is 1. The number of alkyl halides is 3. The maximum Gasteiger partial charge on any atom is 0.433 e. The predicted octanol–water partition coefficient (Wildman–Crippen LogP) is 2.92. The molecule has 0 atom stereocenters. The molecule has 190 valence electrons. The first kappa shape index (κ1) is 26.3. The molecule has 1 saturated heterocycles. The Balaban J connectivity index is 1.73. The van der Waals surface area contributed by atoms with Gasteiger partial charge in [0.25, 0.3) is 0 Å². The van der Waals surface area contributed by atoms with E-state index in [1.165, 1.54) is 12.1 Å². The normalized spacial score (nSPS) is 14.9. The zero-order valence-electron chi connectivity index (χ0n) is 18.3. The largest absolute Gasteiger partial charge is 0.433 e. The summed E-state index contributed by atoms with van der Waals surface area (Å²) in [6, 6.07) is 3.72. The number of pyridine rings is 1. The third-order valence-electron chi connectivity index (χ3n) is 4.78. The number of ether oxygens (including phenoxy) is 1. The van der Waals surface area contributed by atoms with Crippen molar-refractivity contribution in [3.8, 4) is 0 Å². The lowest BCUT2D eigenvalue weighted by Crippen LogP contribution is -2.37. The number of sulfonamides is 1. The van der Waals surface area contributed by atoms with Gasteiger partial charge in [0, 0.05) is 31.3 Å².